The molecular formula is C14H18O8. The van der Waals surface area contributed by atoms with Gasteiger partial charge in [-0.25, -0.2) is 14.4 Å². The summed E-state index contributed by atoms with van der Waals surface area (Å²) in [6.45, 7) is 5.47. The molecule has 8 heteroatoms. The van der Waals surface area contributed by atoms with Crippen molar-refractivity contribution in [2.24, 2.45) is 5.41 Å². The van der Waals surface area contributed by atoms with Crippen LogP contribution in [0, 0.1) is 5.41 Å². The van der Waals surface area contributed by atoms with Gasteiger partial charge in [-0.1, -0.05) is 20.8 Å². The first-order valence-electron chi connectivity index (χ1n) is 6.22. The fourth-order valence-electron chi connectivity index (χ4n) is 1.16. The molecule has 22 heavy (non-hydrogen) atoms. The van der Waals surface area contributed by atoms with Crippen LogP contribution in [0.3, 0.4) is 0 Å². The molecule has 0 radical (unpaired) electrons. The summed E-state index contributed by atoms with van der Waals surface area (Å²) in [4.78, 5) is 57.0. The van der Waals surface area contributed by atoms with Gasteiger partial charge < -0.3 is 14.2 Å². The Morgan fingerprint density at radius 2 is 1.45 bits per heavy atom. The van der Waals surface area contributed by atoms with Crippen LogP contribution in [-0.4, -0.2) is 42.9 Å². The first kappa shape index (κ1) is 19.5. The molecule has 0 bridgehead atoms. The molecule has 1 atom stereocenters. The van der Waals surface area contributed by atoms with E-state index in [2.05, 4.69) is 14.2 Å². The maximum atomic E-state index is 12.1. The van der Waals surface area contributed by atoms with Crippen LogP contribution in [-0.2, 0) is 38.2 Å². The minimum Gasteiger partial charge on any atom is -0.466 e. The van der Waals surface area contributed by atoms with Crippen molar-refractivity contribution in [3.8, 4) is 0 Å². The molecule has 0 aromatic rings. The standard InChI is InChI=1S/C14H18O8/c1-8(15)21-13(19)11(12(18)14(2,3)4)22-10(17)7-6-9(16)20-5/h6-7,11H,1-5H3. The van der Waals surface area contributed by atoms with Crippen LogP contribution in [0.4, 0.5) is 0 Å². The lowest BCUT2D eigenvalue weighted by Gasteiger charge is -2.22. The fraction of sp³-hybridized carbons (Fsp3) is 0.500. The zero-order valence-electron chi connectivity index (χ0n) is 13.0. The second-order valence-corrected chi connectivity index (χ2v) is 5.20. The fourth-order valence-corrected chi connectivity index (χ4v) is 1.16. The molecule has 0 aliphatic carbocycles. The third-order valence-electron chi connectivity index (χ3n) is 2.23. The van der Waals surface area contributed by atoms with E-state index in [-0.39, 0.29) is 0 Å². The van der Waals surface area contributed by atoms with E-state index in [1.165, 1.54) is 20.8 Å². The molecule has 1 unspecified atom stereocenters. The van der Waals surface area contributed by atoms with E-state index in [0.29, 0.717) is 6.08 Å². The normalized spacial score (nSPS) is 12.4. The van der Waals surface area contributed by atoms with Crippen LogP contribution >= 0.6 is 0 Å². The molecule has 0 aliphatic rings. The van der Waals surface area contributed by atoms with E-state index in [0.717, 1.165) is 20.1 Å². The lowest BCUT2D eigenvalue weighted by Crippen LogP contribution is -2.42. The molecule has 0 saturated carbocycles. The minimum absolute atomic E-state index is 0.690. The first-order chi connectivity index (χ1) is 9.98. The highest BCUT2D eigenvalue weighted by Crippen LogP contribution is 2.19. The Balaban J connectivity index is 5.17. The van der Waals surface area contributed by atoms with E-state index in [9.17, 15) is 24.0 Å². The maximum Gasteiger partial charge on any atom is 0.363 e. The second kappa shape index (κ2) is 8.06. The van der Waals surface area contributed by atoms with Crippen LogP contribution in [0.25, 0.3) is 0 Å². The van der Waals surface area contributed by atoms with Crippen molar-refractivity contribution in [3.63, 3.8) is 0 Å². The van der Waals surface area contributed by atoms with Gasteiger partial charge in [0.05, 0.1) is 7.11 Å². The summed E-state index contributed by atoms with van der Waals surface area (Å²) in [5, 5.41) is 0. The maximum absolute atomic E-state index is 12.1. The number of ketones is 1. The van der Waals surface area contributed by atoms with Crippen molar-refractivity contribution in [2.75, 3.05) is 7.11 Å². The van der Waals surface area contributed by atoms with Gasteiger partial charge in [0.25, 0.3) is 6.10 Å². The highest BCUT2D eigenvalue weighted by Gasteiger charge is 2.39. The van der Waals surface area contributed by atoms with Crippen molar-refractivity contribution >= 4 is 29.7 Å². The van der Waals surface area contributed by atoms with Gasteiger partial charge in [-0.2, -0.15) is 0 Å². The van der Waals surface area contributed by atoms with Gasteiger partial charge in [-0.15, -0.1) is 0 Å². The molecular weight excluding hydrogens is 296 g/mol. The van der Waals surface area contributed by atoms with Gasteiger partial charge in [0.2, 0.25) is 0 Å². The number of carbonyl (C=O) groups is 5. The first-order valence-corrected chi connectivity index (χ1v) is 6.22. The number of methoxy groups -OCH3 is 1. The molecule has 0 saturated heterocycles. The number of carbonyl (C=O) groups excluding carboxylic acids is 5. The number of hydrogen-bond acceptors (Lipinski definition) is 8. The Hall–Kier alpha value is -2.51. The highest BCUT2D eigenvalue weighted by atomic mass is 16.6. The number of ether oxygens (including phenoxy) is 3. The lowest BCUT2D eigenvalue weighted by atomic mass is 9.87. The monoisotopic (exact) mass is 314 g/mol. The van der Waals surface area contributed by atoms with Crippen LogP contribution < -0.4 is 0 Å². The van der Waals surface area contributed by atoms with E-state index in [1.54, 1.807) is 0 Å². The summed E-state index contributed by atoms with van der Waals surface area (Å²) in [6, 6.07) is 0. The Morgan fingerprint density at radius 1 is 0.955 bits per heavy atom. The average Bonchev–Trinajstić information content (AvgIpc) is 2.39. The van der Waals surface area contributed by atoms with Gasteiger partial charge in [-0.3, -0.25) is 9.59 Å². The Morgan fingerprint density at radius 3 is 1.86 bits per heavy atom. The van der Waals surface area contributed by atoms with Crippen molar-refractivity contribution in [1.29, 1.82) is 0 Å². The summed E-state index contributed by atoms with van der Waals surface area (Å²) >= 11 is 0. The van der Waals surface area contributed by atoms with Crippen LogP contribution in [0.1, 0.15) is 27.7 Å². The van der Waals surface area contributed by atoms with Crippen LogP contribution in [0.5, 0.6) is 0 Å². The smallest absolute Gasteiger partial charge is 0.363 e. The predicted octanol–water partition coefficient (Wildman–Crippen LogP) is 0.332. The third kappa shape index (κ3) is 6.78. The Bertz CT molecular complexity index is 509. The molecule has 0 amide bonds. The van der Waals surface area contributed by atoms with Gasteiger partial charge in [0.1, 0.15) is 0 Å². The minimum atomic E-state index is -1.90. The molecule has 0 aromatic carbocycles. The predicted molar refractivity (Wildman–Crippen MR) is 72.3 cm³/mol. The Kier molecular flexibility index (Phi) is 7.14. The summed E-state index contributed by atoms with van der Waals surface area (Å²) < 4.78 is 13.2. The molecule has 122 valence electrons. The van der Waals surface area contributed by atoms with Crippen molar-refractivity contribution in [3.05, 3.63) is 12.2 Å². The number of Topliss-reactive ketones (excluding diaryl/α,β-unsaturated/α-hetero) is 1. The molecule has 8 nitrogen and oxygen atoms in total. The van der Waals surface area contributed by atoms with Crippen LogP contribution in [0.2, 0.25) is 0 Å². The van der Waals surface area contributed by atoms with Gasteiger partial charge in [-0.05, 0) is 0 Å². The van der Waals surface area contributed by atoms with Gasteiger partial charge in [0.15, 0.2) is 5.78 Å². The zero-order chi connectivity index (χ0) is 17.5. The van der Waals surface area contributed by atoms with E-state index in [1.807, 2.05) is 0 Å². The van der Waals surface area contributed by atoms with Crippen molar-refractivity contribution < 1.29 is 38.2 Å². The highest BCUT2D eigenvalue weighted by molar-refractivity contribution is 6.08. The number of hydrogen-bond donors (Lipinski definition) is 0. The second-order valence-electron chi connectivity index (χ2n) is 5.20. The van der Waals surface area contributed by atoms with Crippen molar-refractivity contribution in [2.45, 2.75) is 33.8 Å². The molecule has 0 spiro atoms. The quantitative estimate of drug-likeness (QED) is 0.309. The molecule has 0 rings (SSSR count). The summed E-state index contributed by atoms with van der Waals surface area (Å²) in [5.74, 6) is -4.95. The van der Waals surface area contributed by atoms with Gasteiger partial charge in [0, 0.05) is 24.5 Å². The zero-order valence-corrected chi connectivity index (χ0v) is 13.0. The molecule has 0 N–H and O–H groups in total. The molecule has 0 aromatic heterocycles. The molecule has 0 aliphatic heterocycles. The largest absolute Gasteiger partial charge is 0.466 e. The molecule has 0 heterocycles. The summed E-state index contributed by atoms with van der Waals surface area (Å²) in [7, 11) is 1.11. The molecule has 0 fully saturated rings. The average molecular weight is 314 g/mol. The number of rotatable bonds is 5. The van der Waals surface area contributed by atoms with Gasteiger partial charge >= 0.3 is 23.9 Å². The third-order valence-corrected chi connectivity index (χ3v) is 2.23. The Labute approximate surface area is 127 Å². The van der Waals surface area contributed by atoms with E-state index < -0.39 is 41.2 Å². The lowest BCUT2D eigenvalue weighted by molar-refractivity contribution is -0.175. The summed E-state index contributed by atoms with van der Waals surface area (Å²) in [5.41, 5.74) is -1.02. The number of esters is 4. The summed E-state index contributed by atoms with van der Waals surface area (Å²) in [6.07, 6.45) is -0.453. The SMILES string of the molecule is COC(=O)C=CC(=O)OC(C(=O)OC(C)=O)C(=O)C(C)(C)C. The van der Waals surface area contributed by atoms with E-state index in [4.69, 9.17) is 0 Å². The van der Waals surface area contributed by atoms with E-state index >= 15 is 0 Å². The van der Waals surface area contributed by atoms with Crippen molar-refractivity contribution in [1.82, 2.24) is 0 Å². The topological polar surface area (TPSA) is 113 Å². The van der Waals surface area contributed by atoms with Crippen LogP contribution in [0.15, 0.2) is 12.2 Å².